The molecule has 1 aliphatic heterocycles. The van der Waals surface area contributed by atoms with Gasteiger partial charge in [-0.25, -0.2) is 4.39 Å². The highest BCUT2D eigenvalue weighted by atomic mass is 32.2. The number of halogens is 1. The molecule has 32 heavy (non-hydrogen) atoms. The number of nitrogens with one attached hydrogen (secondary N) is 1. The zero-order valence-corrected chi connectivity index (χ0v) is 18.5. The molecule has 1 aromatic heterocycles. The molecule has 2 heterocycles. The van der Waals surface area contributed by atoms with Gasteiger partial charge in [0.1, 0.15) is 18.1 Å². The lowest BCUT2D eigenvalue weighted by molar-refractivity contribution is -0.127. The van der Waals surface area contributed by atoms with Crippen LogP contribution >= 0.6 is 23.5 Å². The van der Waals surface area contributed by atoms with Gasteiger partial charge in [0.2, 0.25) is 5.91 Å². The van der Waals surface area contributed by atoms with Crippen LogP contribution in [-0.2, 0) is 9.59 Å². The summed E-state index contributed by atoms with van der Waals surface area (Å²) in [4.78, 5) is 39.1. The maximum Gasteiger partial charge on any atom is 0.294 e. The Morgan fingerprint density at radius 2 is 1.94 bits per heavy atom. The van der Waals surface area contributed by atoms with E-state index in [2.05, 4.69) is 5.32 Å². The first-order valence-corrected chi connectivity index (χ1v) is 11.2. The van der Waals surface area contributed by atoms with Crippen molar-refractivity contribution in [2.45, 2.75) is 16.9 Å². The van der Waals surface area contributed by atoms with Crippen molar-refractivity contribution in [2.24, 2.45) is 0 Å². The molecule has 1 aliphatic rings. The van der Waals surface area contributed by atoms with E-state index in [0.29, 0.717) is 10.9 Å². The van der Waals surface area contributed by atoms with E-state index in [1.807, 2.05) is 31.2 Å². The molecule has 0 aliphatic carbocycles. The number of rotatable bonds is 6. The fourth-order valence-corrected chi connectivity index (χ4v) is 4.46. The van der Waals surface area contributed by atoms with Crippen LogP contribution in [0.4, 0.5) is 14.9 Å². The normalized spacial score (nSPS) is 14.9. The lowest BCUT2D eigenvalue weighted by Crippen LogP contribution is -2.36. The van der Waals surface area contributed by atoms with Crippen LogP contribution in [0, 0.1) is 12.7 Å². The number of anilines is 1. The highest BCUT2D eigenvalue weighted by Crippen LogP contribution is 2.34. The summed E-state index contributed by atoms with van der Waals surface area (Å²) < 4.78 is 19.0. The Labute approximate surface area is 191 Å². The molecule has 162 valence electrons. The van der Waals surface area contributed by atoms with Gasteiger partial charge in [-0.2, -0.15) is 0 Å². The zero-order valence-electron chi connectivity index (χ0n) is 16.8. The van der Waals surface area contributed by atoms with Crippen molar-refractivity contribution in [3.8, 4) is 0 Å². The molecule has 0 saturated carbocycles. The summed E-state index contributed by atoms with van der Waals surface area (Å²) in [5.41, 5.74) is 1.40. The molecule has 6 nitrogen and oxygen atoms in total. The second kappa shape index (κ2) is 9.46. The topological polar surface area (TPSA) is 79.6 Å². The van der Waals surface area contributed by atoms with Crippen LogP contribution in [0.25, 0.3) is 6.08 Å². The summed E-state index contributed by atoms with van der Waals surface area (Å²) in [6.45, 7) is 1.54. The molecule has 0 unspecified atom stereocenters. The predicted octanol–water partition coefficient (Wildman–Crippen LogP) is 5.55. The first kappa shape index (κ1) is 21.9. The van der Waals surface area contributed by atoms with Crippen molar-refractivity contribution >= 4 is 52.3 Å². The molecule has 1 N–H and O–H groups in total. The van der Waals surface area contributed by atoms with E-state index in [4.69, 9.17) is 4.42 Å². The molecule has 2 aromatic carbocycles. The summed E-state index contributed by atoms with van der Waals surface area (Å²) in [5, 5.41) is 2.56. The number of imide groups is 1. The highest BCUT2D eigenvalue weighted by Gasteiger charge is 2.36. The Hall–Kier alpha value is -3.30. The summed E-state index contributed by atoms with van der Waals surface area (Å²) >= 11 is 2.18. The molecule has 0 spiro atoms. The predicted molar refractivity (Wildman–Crippen MR) is 122 cm³/mol. The largest absolute Gasteiger partial charge is 0.450 e. The molecule has 3 aromatic rings. The van der Waals surface area contributed by atoms with Crippen LogP contribution in [0.15, 0.2) is 80.0 Å². The third kappa shape index (κ3) is 5.30. The molecular weight excluding hydrogens is 451 g/mol. The Kier molecular flexibility index (Phi) is 6.48. The van der Waals surface area contributed by atoms with Crippen molar-refractivity contribution in [1.29, 1.82) is 0 Å². The number of thioether (sulfide) groups is 1. The fourth-order valence-electron chi connectivity index (χ4n) is 2.87. The van der Waals surface area contributed by atoms with Crippen molar-refractivity contribution < 1.29 is 23.2 Å². The molecule has 0 atom stereocenters. The fraction of sp³-hybridized carbons (Fsp3) is 0.0870. The summed E-state index contributed by atoms with van der Waals surface area (Å²) in [6.07, 6.45) is 1.48. The first-order valence-electron chi connectivity index (χ1n) is 9.52. The van der Waals surface area contributed by atoms with Crippen LogP contribution in [0.5, 0.6) is 0 Å². The number of amides is 3. The van der Waals surface area contributed by atoms with Gasteiger partial charge in [0, 0.05) is 16.7 Å². The van der Waals surface area contributed by atoms with Gasteiger partial charge in [0.25, 0.3) is 11.1 Å². The van der Waals surface area contributed by atoms with Gasteiger partial charge >= 0.3 is 0 Å². The van der Waals surface area contributed by atoms with Crippen molar-refractivity contribution in [3.63, 3.8) is 0 Å². The molecule has 0 radical (unpaired) electrons. The Morgan fingerprint density at radius 3 is 2.69 bits per heavy atom. The SMILES string of the molecule is Cc1ccc(Sc2ccc(/C=C3/SC(=O)N(CC(=O)Nc4cccc(F)c4)C3=O)o2)cc1. The van der Waals surface area contributed by atoms with E-state index in [-0.39, 0.29) is 10.6 Å². The third-order valence-corrected chi connectivity index (χ3v) is 6.23. The van der Waals surface area contributed by atoms with E-state index in [0.717, 1.165) is 33.2 Å². The molecule has 4 rings (SSSR count). The van der Waals surface area contributed by atoms with Gasteiger partial charge in [-0.3, -0.25) is 19.3 Å². The number of hydrogen-bond acceptors (Lipinski definition) is 6. The van der Waals surface area contributed by atoms with Gasteiger partial charge in [-0.1, -0.05) is 35.5 Å². The number of aryl methyl sites for hydroxylation is 1. The summed E-state index contributed by atoms with van der Waals surface area (Å²) in [7, 11) is 0. The average molecular weight is 469 g/mol. The van der Waals surface area contributed by atoms with Crippen LogP contribution in [-0.4, -0.2) is 28.5 Å². The van der Waals surface area contributed by atoms with Gasteiger partial charge in [-0.15, -0.1) is 0 Å². The van der Waals surface area contributed by atoms with Crippen molar-refractivity contribution in [1.82, 2.24) is 4.90 Å². The molecule has 0 bridgehead atoms. The Balaban J connectivity index is 1.40. The molecule has 1 fully saturated rings. The molecule has 1 saturated heterocycles. The number of benzene rings is 2. The molecule has 3 amide bonds. The lowest BCUT2D eigenvalue weighted by atomic mass is 10.2. The van der Waals surface area contributed by atoms with E-state index in [9.17, 15) is 18.8 Å². The molecular formula is C23H17FN2O4S2. The van der Waals surface area contributed by atoms with E-state index in [1.165, 1.54) is 36.0 Å². The number of furan rings is 1. The van der Waals surface area contributed by atoms with Crippen LogP contribution in [0.1, 0.15) is 11.3 Å². The minimum atomic E-state index is -0.603. The van der Waals surface area contributed by atoms with E-state index < -0.39 is 29.4 Å². The number of hydrogen-bond donors (Lipinski definition) is 1. The Morgan fingerprint density at radius 1 is 1.16 bits per heavy atom. The van der Waals surface area contributed by atoms with E-state index in [1.54, 1.807) is 12.1 Å². The second-order valence-electron chi connectivity index (χ2n) is 6.90. The highest BCUT2D eigenvalue weighted by molar-refractivity contribution is 8.18. The van der Waals surface area contributed by atoms with E-state index >= 15 is 0 Å². The van der Waals surface area contributed by atoms with Crippen LogP contribution < -0.4 is 5.32 Å². The zero-order chi connectivity index (χ0) is 22.7. The number of carbonyl (C=O) groups excluding carboxylic acids is 3. The lowest BCUT2D eigenvalue weighted by Gasteiger charge is -2.12. The van der Waals surface area contributed by atoms with Gasteiger partial charge in [0.15, 0.2) is 5.09 Å². The van der Waals surface area contributed by atoms with Crippen LogP contribution in [0.2, 0.25) is 0 Å². The van der Waals surface area contributed by atoms with Gasteiger partial charge < -0.3 is 9.73 Å². The second-order valence-corrected chi connectivity index (χ2v) is 8.97. The van der Waals surface area contributed by atoms with Crippen LogP contribution in [0.3, 0.4) is 0 Å². The minimum absolute atomic E-state index is 0.162. The average Bonchev–Trinajstić information content (AvgIpc) is 3.29. The monoisotopic (exact) mass is 468 g/mol. The quantitative estimate of drug-likeness (QED) is 0.478. The number of nitrogens with zero attached hydrogens (tertiary/aromatic N) is 1. The van der Waals surface area contributed by atoms with Crippen molar-refractivity contribution in [3.05, 3.63) is 82.7 Å². The Bertz CT molecular complexity index is 1220. The standard InChI is InChI=1S/C23H17FN2O4S2/c1-14-5-8-18(9-6-14)31-21-10-7-17(30-21)12-19-22(28)26(23(29)32-19)13-20(27)25-16-4-2-3-15(24)11-16/h2-12H,13H2,1H3,(H,25,27)/b19-12+. The minimum Gasteiger partial charge on any atom is -0.450 e. The van der Waals surface area contributed by atoms with Crippen molar-refractivity contribution in [2.75, 3.05) is 11.9 Å². The van der Waals surface area contributed by atoms with Gasteiger partial charge in [0.05, 0.1) is 4.91 Å². The number of carbonyl (C=O) groups is 3. The maximum absolute atomic E-state index is 13.3. The van der Waals surface area contributed by atoms with Gasteiger partial charge in [-0.05, 0) is 61.2 Å². The molecule has 9 heteroatoms. The summed E-state index contributed by atoms with van der Waals surface area (Å²) in [6, 6.07) is 16.8. The summed E-state index contributed by atoms with van der Waals surface area (Å²) in [5.74, 6) is -1.27. The first-order chi connectivity index (χ1) is 15.4. The smallest absolute Gasteiger partial charge is 0.294 e. The third-order valence-electron chi connectivity index (χ3n) is 4.40. The maximum atomic E-state index is 13.3.